The average Bonchev–Trinajstić information content (AvgIpc) is 2.48. The minimum absolute atomic E-state index is 0.0746. The molecular weight excluding hydrogens is 359 g/mol. The van der Waals surface area contributed by atoms with Crippen molar-refractivity contribution in [2.45, 2.75) is 72.0 Å². The van der Waals surface area contributed by atoms with Crippen molar-refractivity contribution in [3.63, 3.8) is 0 Å². The van der Waals surface area contributed by atoms with Crippen LogP contribution in [0.4, 0.5) is 0 Å². The van der Waals surface area contributed by atoms with Crippen molar-refractivity contribution < 1.29 is 9.59 Å². The van der Waals surface area contributed by atoms with Crippen LogP contribution in [0.25, 0.3) is 0 Å². The Morgan fingerprint density at radius 3 is 2.16 bits per heavy atom. The van der Waals surface area contributed by atoms with Gasteiger partial charge in [-0.15, -0.1) is 0 Å². The molecule has 0 spiro atoms. The predicted octanol–water partition coefficient (Wildman–Crippen LogP) is 4.82. The van der Waals surface area contributed by atoms with Gasteiger partial charge in [0.15, 0.2) is 0 Å². The largest absolute Gasteiger partial charge is 0.350 e. The monoisotopic (exact) mass is 386 g/mol. The normalized spacial score (nSPS) is 12.6. The molecule has 6 heteroatoms. The van der Waals surface area contributed by atoms with Gasteiger partial charge in [-0.1, -0.05) is 43.1 Å². The van der Waals surface area contributed by atoms with Crippen molar-refractivity contribution in [1.29, 1.82) is 0 Å². The second-order valence-corrected chi connectivity index (χ2v) is 7.95. The van der Waals surface area contributed by atoms with Crippen LogP contribution >= 0.6 is 23.2 Å². The highest BCUT2D eigenvalue weighted by Gasteiger charge is 2.30. The molecule has 0 saturated heterocycles. The van der Waals surface area contributed by atoms with Gasteiger partial charge >= 0.3 is 0 Å². The van der Waals surface area contributed by atoms with E-state index >= 15 is 0 Å². The molecule has 0 aliphatic heterocycles. The Bertz CT molecular complexity index is 592. The Labute approximate surface area is 160 Å². The molecule has 0 radical (unpaired) electrons. The summed E-state index contributed by atoms with van der Waals surface area (Å²) in [4.78, 5) is 27.0. The zero-order valence-electron chi connectivity index (χ0n) is 15.7. The van der Waals surface area contributed by atoms with Crippen molar-refractivity contribution in [3.05, 3.63) is 33.8 Å². The number of rotatable bonds is 7. The summed E-state index contributed by atoms with van der Waals surface area (Å²) < 4.78 is 0. The molecule has 140 valence electrons. The average molecular weight is 387 g/mol. The number of benzene rings is 1. The van der Waals surface area contributed by atoms with E-state index in [2.05, 4.69) is 5.32 Å². The summed E-state index contributed by atoms with van der Waals surface area (Å²) in [6.07, 6.45) is 1.60. The van der Waals surface area contributed by atoms with E-state index in [1.165, 1.54) is 0 Å². The quantitative estimate of drug-likeness (QED) is 0.730. The number of nitrogens with one attached hydrogen (secondary N) is 1. The Morgan fingerprint density at radius 2 is 1.72 bits per heavy atom. The lowest BCUT2D eigenvalue weighted by atomic mass is 10.0. The smallest absolute Gasteiger partial charge is 0.243 e. The van der Waals surface area contributed by atoms with Crippen LogP contribution in [0, 0.1) is 0 Å². The maximum absolute atomic E-state index is 12.7. The fraction of sp³-hybridized carbons (Fsp3) is 0.579. The third kappa shape index (κ3) is 6.52. The van der Waals surface area contributed by atoms with Gasteiger partial charge < -0.3 is 10.2 Å². The van der Waals surface area contributed by atoms with Gasteiger partial charge in [0.1, 0.15) is 6.04 Å². The van der Waals surface area contributed by atoms with E-state index in [-0.39, 0.29) is 23.9 Å². The molecule has 0 aromatic heterocycles. The van der Waals surface area contributed by atoms with Crippen LogP contribution < -0.4 is 5.32 Å². The molecule has 0 fully saturated rings. The highest BCUT2D eigenvalue weighted by molar-refractivity contribution is 6.36. The number of amides is 2. The van der Waals surface area contributed by atoms with Crippen LogP contribution in [0.3, 0.4) is 0 Å². The van der Waals surface area contributed by atoms with E-state index in [0.717, 1.165) is 0 Å². The van der Waals surface area contributed by atoms with E-state index in [9.17, 15) is 9.59 Å². The molecular formula is C19H28Cl2N2O2. The van der Waals surface area contributed by atoms with Crippen molar-refractivity contribution in [1.82, 2.24) is 10.2 Å². The SMILES string of the molecule is CCCC(=O)N(Cc1c(Cl)cccc1Cl)[C@@H](CC)C(=O)NC(C)(C)C. The van der Waals surface area contributed by atoms with Crippen LogP contribution in [0.1, 0.15) is 59.4 Å². The zero-order valence-corrected chi connectivity index (χ0v) is 17.2. The molecule has 25 heavy (non-hydrogen) atoms. The number of hydrogen-bond acceptors (Lipinski definition) is 2. The Morgan fingerprint density at radius 1 is 1.16 bits per heavy atom. The summed E-state index contributed by atoms with van der Waals surface area (Å²) in [6.45, 7) is 9.80. The molecule has 0 unspecified atom stereocenters. The first-order chi connectivity index (χ1) is 11.6. The van der Waals surface area contributed by atoms with E-state index in [4.69, 9.17) is 23.2 Å². The third-order valence-corrected chi connectivity index (χ3v) is 4.45. The molecule has 1 N–H and O–H groups in total. The maximum Gasteiger partial charge on any atom is 0.243 e. The van der Waals surface area contributed by atoms with Gasteiger partial charge in [-0.2, -0.15) is 0 Å². The van der Waals surface area contributed by atoms with Crippen LogP contribution in [0.5, 0.6) is 0 Å². The molecule has 2 amide bonds. The molecule has 1 aromatic rings. The molecule has 0 aliphatic carbocycles. The van der Waals surface area contributed by atoms with Gasteiger partial charge in [0.25, 0.3) is 0 Å². The molecule has 0 saturated carbocycles. The predicted molar refractivity (Wildman–Crippen MR) is 104 cm³/mol. The molecule has 4 nitrogen and oxygen atoms in total. The van der Waals surface area contributed by atoms with Gasteiger partial charge in [-0.25, -0.2) is 0 Å². The summed E-state index contributed by atoms with van der Waals surface area (Å²) in [7, 11) is 0. The Balaban J connectivity index is 3.18. The van der Waals surface area contributed by atoms with Crippen molar-refractivity contribution >= 4 is 35.0 Å². The lowest BCUT2D eigenvalue weighted by molar-refractivity contribution is -0.142. The first kappa shape index (κ1) is 21.8. The van der Waals surface area contributed by atoms with Crippen LogP contribution in [-0.2, 0) is 16.1 Å². The molecule has 0 heterocycles. The van der Waals surface area contributed by atoms with Crippen LogP contribution in [0.2, 0.25) is 10.0 Å². The van der Waals surface area contributed by atoms with Gasteiger partial charge in [0, 0.05) is 34.1 Å². The van der Waals surface area contributed by atoms with Gasteiger partial charge in [-0.3, -0.25) is 9.59 Å². The highest BCUT2D eigenvalue weighted by Crippen LogP contribution is 2.27. The molecule has 1 aromatic carbocycles. The van der Waals surface area contributed by atoms with Crippen molar-refractivity contribution in [2.24, 2.45) is 0 Å². The highest BCUT2D eigenvalue weighted by atomic mass is 35.5. The number of carbonyl (C=O) groups is 2. The number of halogens is 2. The summed E-state index contributed by atoms with van der Waals surface area (Å²) in [5, 5.41) is 3.95. The topological polar surface area (TPSA) is 49.4 Å². The van der Waals surface area contributed by atoms with Crippen molar-refractivity contribution in [3.8, 4) is 0 Å². The van der Waals surface area contributed by atoms with Gasteiger partial charge in [0.2, 0.25) is 11.8 Å². The fourth-order valence-electron chi connectivity index (χ4n) is 2.58. The number of carbonyl (C=O) groups excluding carboxylic acids is 2. The maximum atomic E-state index is 12.7. The lowest BCUT2D eigenvalue weighted by Crippen LogP contribution is -2.53. The minimum Gasteiger partial charge on any atom is -0.350 e. The fourth-order valence-corrected chi connectivity index (χ4v) is 3.10. The van der Waals surface area contributed by atoms with E-state index in [0.29, 0.717) is 34.9 Å². The van der Waals surface area contributed by atoms with Gasteiger partial charge in [-0.05, 0) is 45.7 Å². The van der Waals surface area contributed by atoms with Crippen LogP contribution in [0.15, 0.2) is 18.2 Å². The van der Waals surface area contributed by atoms with E-state index in [1.807, 2.05) is 34.6 Å². The molecule has 1 atom stereocenters. The van der Waals surface area contributed by atoms with Crippen LogP contribution in [-0.4, -0.2) is 28.3 Å². The Kier molecular flexibility index (Phi) is 8.23. The number of hydrogen-bond donors (Lipinski definition) is 1. The summed E-state index contributed by atoms with van der Waals surface area (Å²) in [6, 6.07) is 4.67. The second kappa shape index (κ2) is 9.44. The molecule has 1 rings (SSSR count). The van der Waals surface area contributed by atoms with E-state index < -0.39 is 6.04 Å². The molecule has 0 bridgehead atoms. The zero-order chi connectivity index (χ0) is 19.2. The van der Waals surface area contributed by atoms with Gasteiger partial charge in [0.05, 0.1) is 0 Å². The summed E-state index contributed by atoms with van der Waals surface area (Å²) >= 11 is 12.5. The lowest BCUT2D eigenvalue weighted by Gasteiger charge is -2.33. The van der Waals surface area contributed by atoms with Crippen molar-refractivity contribution in [2.75, 3.05) is 0 Å². The molecule has 0 aliphatic rings. The first-order valence-electron chi connectivity index (χ1n) is 8.65. The van der Waals surface area contributed by atoms with E-state index in [1.54, 1.807) is 23.1 Å². The minimum atomic E-state index is -0.564. The number of nitrogens with zero attached hydrogens (tertiary/aromatic N) is 1. The Hall–Kier alpha value is -1.26. The second-order valence-electron chi connectivity index (χ2n) is 7.14. The third-order valence-electron chi connectivity index (χ3n) is 3.74. The standard InChI is InChI=1S/C19H28Cl2N2O2/c1-6-9-17(24)23(12-13-14(20)10-8-11-15(13)21)16(7-2)18(25)22-19(3,4)5/h8,10-11,16H,6-7,9,12H2,1-5H3,(H,22,25)/t16-/m0/s1. The first-order valence-corrected chi connectivity index (χ1v) is 9.40. The summed E-state index contributed by atoms with van der Waals surface area (Å²) in [5.41, 5.74) is 0.295. The summed E-state index contributed by atoms with van der Waals surface area (Å²) in [5.74, 6) is -0.239.